The molecule has 0 aromatic rings. The quantitative estimate of drug-likeness (QED) is 0.588. The van der Waals surface area contributed by atoms with Crippen molar-refractivity contribution in [3.05, 3.63) is 0 Å². The lowest BCUT2D eigenvalue weighted by Gasteiger charge is -2.26. The Bertz CT molecular complexity index is 288. The van der Waals surface area contributed by atoms with Crippen LogP contribution in [0, 0.1) is 0 Å². The molecule has 0 rings (SSSR count). The highest BCUT2D eigenvalue weighted by Crippen LogP contribution is 2.17. The zero-order valence-corrected chi connectivity index (χ0v) is 12.6. The van der Waals surface area contributed by atoms with Crippen LogP contribution in [-0.4, -0.2) is 63.0 Å². The maximum absolute atomic E-state index is 12.5. The molecule has 0 aromatic carbocycles. The lowest BCUT2D eigenvalue weighted by molar-refractivity contribution is -0.162. The van der Waals surface area contributed by atoms with Crippen LogP contribution < -0.4 is 5.73 Å². The Hall–Kier alpha value is -0.860. The molecule has 8 heteroatoms. The molecule has 1 atom stereocenters. The zero-order valence-electron chi connectivity index (χ0n) is 12.6. The van der Waals surface area contributed by atoms with Crippen molar-refractivity contribution in [3.63, 3.8) is 0 Å². The molecule has 0 spiro atoms. The second kappa shape index (κ2) is 10.8. The van der Waals surface area contributed by atoms with Gasteiger partial charge in [0.25, 0.3) is 0 Å². The van der Waals surface area contributed by atoms with Crippen molar-refractivity contribution in [3.8, 4) is 0 Å². The van der Waals surface area contributed by atoms with E-state index in [2.05, 4.69) is 0 Å². The van der Waals surface area contributed by atoms with E-state index < -0.39 is 24.7 Å². The highest BCUT2D eigenvalue weighted by Gasteiger charge is 2.34. The van der Waals surface area contributed by atoms with Crippen LogP contribution in [-0.2, 0) is 14.3 Å². The van der Waals surface area contributed by atoms with Gasteiger partial charge in [-0.05, 0) is 26.2 Å². The Morgan fingerprint density at radius 2 is 1.95 bits per heavy atom. The second-order valence-corrected chi connectivity index (χ2v) is 4.67. The summed E-state index contributed by atoms with van der Waals surface area (Å²) in [6.45, 7) is 1.72. The smallest absolute Gasteiger partial charge is 0.385 e. The van der Waals surface area contributed by atoms with Crippen molar-refractivity contribution >= 4 is 5.91 Å². The van der Waals surface area contributed by atoms with Crippen molar-refractivity contribution in [2.45, 2.75) is 38.4 Å². The number of alkyl halides is 3. The minimum atomic E-state index is -4.44. The standard InChI is InChI=1S/C13H25F3N2O3/c1-3-21-9-5-7-18(10-13(14,15)16)12(19)11(17)6-4-8-20-2/h11H,3-10,17H2,1-2H3. The van der Waals surface area contributed by atoms with Gasteiger partial charge < -0.3 is 20.1 Å². The minimum Gasteiger partial charge on any atom is -0.385 e. The van der Waals surface area contributed by atoms with E-state index in [1.807, 2.05) is 0 Å². The van der Waals surface area contributed by atoms with Gasteiger partial charge in [0.2, 0.25) is 5.91 Å². The number of hydrogen-bond donors (Lipinski definition) is 1. The number of rotatable bonds is 11. The van der Waals surface area contributed by atoms with Gasteiger partial charge in [-0.1, -0.05) is 0 Å². The van der Waals surface area contributed by atoms with E-state index in [1.54, 1.807) is 6.92 Å². The van der Waals surface area contributed by atoms with Crippen molar-refractivity contribution < 1.29 is 27.4 Å². The summed E-state index contributed by atoms with van der Waals surface area (Å²) >= 11 is 0. The fourth-order valence-corrected chi connectivity index (χ4v) is 1.79. The first-order valence-corrected chi connectivity index (χ1v) is 6.99. The molecule has 1 amide bonds. The van der Waals surface area contributed by atoms with Crippen LogP contribution >= 0.6 is 0 Å². The maximum Gasteiger partial charge on any atom is 0.406 e. The SMILES string of the molecule is CCOCCCN(CC(F)(F)F)C(=O)C(N)CCCOC. The molecule has 0 aliphatic heterocycles. The molecular weight excluding hydrogens is 289 g/mol. The van der Waals surface area contributed by atoms with Crippen LogP contribution in [0.15, 0.2) is 0 Å². The Morgan fingerprint density at radius 3 is 2.48 bits per heavy atom. The molecule has 0 aliphatic rings. The molecule has 0 bridgehead atoms. The molecule has 0 aromatic heterocycles. The van der Waals surface area contributed by atoms with Crippen LogP contribution in [0.4, 0.5) is 13.2 Å². The Morgan fingerprint density at radius 1 is 1.29 bits per heavy atom. The van der Waals surface area contributed by atoms with Crippen LogP contribution in [0.3, 0.4) is 0 Å². The average molecular weight is 314 g/mol. The largest absolute Gasteiger partial charge is 0.406 e. The first kappa shape index (κ1) is 20.1. The van der Waals surface area contributed by atoms with E-state index in [0.29, 0.717) is 39.1 Å². The first-order valence-electron chi connectivity index (χ1n) is 6.99. The summed E-state index contributed by atoms with van der Waals surface area (Å²) in [5, 5.41) is 0. The van der Waals surface area contributed by atoms with Crippen LogP contribution in [0.25, 0.3) is 0 Å². The number of ether oxygens (including phenoxy) is 2. The number of methoxy groups -OCH3 is 1. The van der Waals surface area contributed by atoms with Crippen LogP contribution in [0.2, 0.25) is 0 Å². The topological polar surface area (TPSA) is 64.8 Å². The normalized spacial score (nSPS) is 13.2. The van der Waals surface area contributed by atoms with E-state index >= 15 is 0 Å². The van der Waals surface area contributed by atoms with Gasteiger partial charge in [-0.2, -0.15) is 13.2 Å². The number of amides is 1. The molecule has 2 N–H and O–H groups in total. The summed E-state index contributed by atoms with van der Waals surface area (Å²) in [5.74, 6) is -0.681. The van der Waals surface area contributed by atoms with Gasteiger partial charge in [-0.3, -0.25) is 4.79 Å². The fraction of sp³-hybridized carbons (Fsp3) is 0.923. The van der Waals surface area contributed by atoms with Crippen molar-refractivity contribution in [2.24, 2.45) is 5.73 Å². The zero-order chi connectivity index (χ0) is 16.3. The highest BCUT2D eigenvalue weighted by atomic mass is 19.4. The number of nitrogens with two attached hydrogens (primary N) is 1. The van der Waals surface area contributed by atoms with Gasteiger partial charge in [0, 0.05) is 33.5 Å². The summed E-state index contributed by atoms with van der Waals surface area (Å²) in [6, 6.07) is -0.936. The Labute approximate surface area is 123 Å². The van der Waals surface area contributed by atoms with Gasteiger partial charge in [-0.25, -0.2) is 0 Å². The van der Waals surface area contributed by atoms with Gasteiger partial charge in [-0.15, -0.1) is 0 Å². The van der Waals surface area contributed by atoms with Crippen LogP contribution in [0.5, 0.6) is 0 Å². The third-order valence-electron chi connectivity index (χ3n) is 2.78. The summed E-state index contributed by atoms with van der Waals surface area (Å²) in [5.41, 5.74) is 5.66. The summed E-state index contributed by atoms with van der Waals surface area (Å²) < 4.78 is 47.5. The first-order chi connectivity index (χ1) is 9.81. The van der Waals surface area contributed by atoms with E-state index in [4.69, 9.17) is 15.2 Å². The van der Waals surface area contributed by atoms with E-state index in [9.17, 15) is 18.0 Å². The van der Waals surface area contributed by atoms with Gasteiger partial charge in [0.05, 0.1) is 6.04 Å². The predicted octanol–water partition coefficient (Wildman–Crippen LogP) is 1.56. The van der Waals surface area contributed by atoms with Gasteiger partial charge in [0.15, 0.2) is 0 Å². The monoisotopic (exact) mass is 314 g/mol. The van der Waals surface area contributed by atoms with E-state index in [-0.39, 0.29) is 6.54 Å². The number of carbonyl (C=O) groups excluding carboxylic acids is 1. The molecule has 0 aliphatic carbocycles. The second-order valence-electron chi connectivity index (χ2n) is 4.67. The average Bonchev–Trinajstić information content (AvgIpc) is 2.40. The summed E-state index contributed by atoms with van der Waals surface area (Å²) in [4.78, 5) is 12.8. The molecular formula is C13H25F3N2O3. The Balaban J connectivity index is 4.43. The molecule has 126 valence electrons. The molecule has 0 fully saturated rings. The van der Waals surface area contributed by atoms with E-state index in [0.717, 1.165) is 4.90 Å². The highest BCUT2D eigenvalue weighted by molar-refractivity contribution is 5.81. The molecule has 0 heterocycles. The third-order valence-corrected chi connectivity index (χ3v) is 2.78. The summed E-state index contributed by atoms with van der Waals surface area (Å²) in [7, 11) is 1.51. The maximum atomic E-state index is 12.5. The van der Waals surface area contributed by atoms with Gasteiger partial charge >= 0.3 is 6.18 Å². The molecule has 0 saturated carbocycles. The fourth-order valence-electron chi connectivity index (χ4n) is 1.79. The van der Waals surface area contributed by atoms with Crippen LogP contribution in [0.1, 0.15) is 26.2 Å². The predicted molar refractivity (Wildman–Crippen MR) is 72.8 cm³/mol. The molecule has 0 radical (unpaired) electrons. The van der Waals surface area contributed by atoms with Gasteiger partial charge in [0.1, 0.15) is 6.54 Å². The van der Waals surface area contributed by atoms with Crippen molar-refractivity contribution in [2.75, 3.05) is 40.0 Å². The third kappa shape index (κ3) is 10.5. The molecule has 1 unspecified atom stereocenters. The van der Waals surface area contributed by atoms with Crippen molar-refractivity contribution in [1.29, 1.82) is 0 Å². The summed E-state index contributed by atoms with van der Waals surface area (Å²) in [6.07, 6.45) is -3.26. The molecule has 0 saturated heterocycles. The number of nitrogens with zero attached hydrogens (tertiary/aromatic N) is 1. The van der Waals surface area contributed by atoms with Crippen molar-refractivity contribution in [1.82, 2.24) is 4.90 Å². The molecule has 5 nitrogen and oxygen atoms in total. The number of halogens is 3. The minimum absolute atomic E-state index is 0.0175. The number of carbonyl (C=O) groups is 1. The Kier molecular flexibility index (Phi) is 10.4. The lowest BCUT2D eigenvalue weighted by Crippen LogP contribution is -2.48. The molecule has 21 heavy (non-hydrogen) atoms. The lowest BCUT2D eigenvalue weighted by atomic mass is 10.1. The van der Waals surface area contributed by atoms with E-state index in [1.165, 1.54) is 7.11 Å². The number of hydrogen-bond acceptors (Lipinski definition) is 4.